The van der Waals surface area contributed by atoms with Crippen LogP contribution in [-0.2, 0) is 20.6 Å². The standard InChI is InChI=1S/C21H19F3N4O3/c1-13(14-7-6-8-15(11-14)21(22,23)24)19(31-26)17-10-5-4-9-16(17)18(28-30-3)20(29-2)27-12-25/h4-11H,26H2,1-3H3/b19-13+,27-20?,28-18+. The first-order chi connectivity index (χ1) is 14.8. The van der Waals surface area contributed by atoms with Crippen LogP contribution < -0.4 is 5.90 Å². The van der Waals surface area contributed by atoms with Crippen molar-refractivity contribution in [2.45, 2.75) is 13.1 Å². The zero-order valence-electron chi connectivity index (χ0n) is 16.9. The Kier molecular flexibility index (Phi) is 7.76. The molecule has 2 aromatic rings. The minimum absolute atomic E-state index is 0.0635. The predicted molar refractivity (Wildman–Crippen MR) is 109 cm³/mol. The van der Waals surface area contributed by atoms with Crippen molar-refractivity contribution < 1.29 is 27.6 Å². The first-order valence-corrected chi connectivity index (χ1v) is 8.75. The van der Waals surface area contributed by atoms with Gasteiger partial charge >= 0.3 is 6.18 Å². The van der Waals surface area contributed by atoms with Gasteiger partial charge in [0.15, 0.2) is 11.5 Å². The van der Waals surface area contributed by atoms with Crippen molar-refractivity contribution in [2.24, 2.45) is 16.0 Å². The second-order valence-electron chi connectivity index (χ2n) is 6.04. The molecular formula is C21H19F3N4O3. The fourth-order valence-corrected chi connectivity index (χ4v) is 2.84. The van der Waals surface area contributed by atoms with Gasteiger partial charge in [-0.25, -0.2) is 0 Å². The van der Waals surface area contributed by atoms with E-state index in [2.05, 4.69) is 10.1 Å². The summed E-state index contributed by atoms with van der Waals surface area (Å²) >= 11 is 0. The van der Waals surface area contributed by atoms with Crippen LogP contribution in [0, 0.1) is 11.5 Å². The van der Waals surface area contributed by atoms with Gasteiger partial charge in [-0.2, -0.15) is 24.3 Å². The number of benzene rings is 2. The topological polar surface area (TPSA) is 102 Å². The summed E-state index contributed by atoms with van der Waals surface area (Å²) in [6, 6.07) is 11.4. The third-order valence-electron chi connectivity index (χ3n) is 4.24. The van der Waals surface area contributed by atoms with Crippen molar-refractivity contribution in [3.63, 3.8) is 0 Å². The van der Waals surface area contributed by atoms with Gasteiger partial charge in [0, 0.05) is 16.7 Å². The number of nitrogens with zero attached hydrogens (tertiary/aromatic N) is 3. The van der Waals surface area contributed by atoms with E-state index in [9.17, 15) is 13.2 Å². The third-order valence-corrected chi connectivity index (χ3v) is 4.24. The number of methoxy groups -OCH3 is 1. The molecule has 0 saturated carbocycles. The lowest BCUT2D eigenvalue weighted by atomic mass is 9.95. The third kappa shape index (κ3) is 5.40. The highest BCUT2D eigenvalue weighted by Gasteiger charge is 2.31. The van der Waals surface area contributed by atoms with E-state index < -0.39 is 11.7 Å². The minimum atomic E-state index is -4.50. The summed E-state index contributed by atoms with van der Waals surface area (Å²) in [4.78, 5) is 13.5. The molecular weight excluding hydrogens is 413 g/mol. The van der Waals surface area contributed by atoms with Gasteiger partial charge in [0.05, 0.1) is 12.7 Å². The van der Waals surface area contributed by atoms with Crippen LogP contribution in [0.25, 0.3) is 11.3 Å². The summed E-state index contributed by atoms with van der Waals surface area (Å²) in [5.41, 5.74) is 0.597. The zero-order chi connectivity index (χ0) is 23.0. The molecule has 0 aromatic heterocycles. The molecule has 0 fully saturated rings. The number of ether oxygens (including phenoxy) is 1. The van der Waals surface area contributed by atoms with E-state index in [-0.39, 0.29) is 22.9 Å². The Morgan fingerprint density at radius 2 is 1.74 bits per heavy atom. The monoisotopic (exact) mass is 432 g/mol. The number of nitriles is 1. The fourth-order valence-electron chi connectivity index (χ4n) is 2.84. The number of hydrogen-bond donors (Lipinski definition) is 1. The van der Waals surface area contributed by atoms with Gasteiger partial charge in [-0.05, 0) is 24.6 Å². The second-order valence-corrected chi connectivity index (χ2v) is 6.04. The number of alkyl halides is 3. The number of allylic oxidation sites excluding steroid dienone is 1. The van der Waals surface area contributed by atoms with E-state index >= 15 is 0 Å². The van der Waals surface area contributed by atoms with Crippen molar-refractivity contribution in [2.75, 3.05) is 14.2 Å². The van der Waals surface area contributed by atoms with E-state index in [1.165, 1.54) is 26.4 Å². The fraction of sp³-hybridized carbons (Fsp3) is 0.190. The molecule has 0 saturated heterocycles. The van der Waals surface area contributed by atoms with Crippen LogP contribution in [-0.4, -0.2) is 25.8 Å². The van der Waals surface area contributed by atoms with Crippen molar-refractivity contribution in [1.29, 1.82) is 5.26 Å². The van der Waals surface area contributed by atoms with Gasteiger partial charge in [-0.15, -0.1) is 4.99 Å². The van der Waals surface area contributed by atoms with Gasteiger partial charge in [-0.3, -0.25) is 0 Å². The van der Waals surface area contributed by atoms with E-state index in [1.807, 2.05) is 0 Å². The normalized spacial score (nSPS) is 13.2. The molecule has 0 bridgehead atoms. The molecule has 0 aliphatic heterocycles. The van der Waals surface area contributed by atoms with Crippen LogP contribution in [0.3, 0.4) is 0 Å². The van der Waals surface area contributed by atoms with Crippen LogP contribution >= 0.6 is 0 Å². The molecule has 0 radical (unpaired) electrons. The molecule has 0 amide bonds. The summed E-state index contributed by atoms with van der Waals surface area (Å²) in [6.45, 7) is 1.57. The van der Waals surface area contributed by atoms with E-state index in [4.69, 9.17) is 25.6 Å². The quantitative estimate of drug-likeness (QED) is 0.182. The molecule has 2 N–H and O–H groups in total. The molecule has 2 aromatic carbocycles. The SMILES string of the molecule is CO/N=C(/C(=NC#N)OC)c1ccccc1/C(ON)=C(/C)c1cccc(C(F)(F)F)c1. The molecule has 0 heterocycles. The highest BCUT2D eigenvalue weighted by atomic mass is 19.4. The second kappa shape index (κ2) is 10.3. The van der Waals surface area contributed by atoms with Crippen molar-refractivity contribution in [3.05, 3.63) is 70.8 Å². The average molecular weight is 432 g/mol. The van der Waals surface area contributed by atoms with E-state index in [0.717, 1.165) is 12.1 Å². The number of oxime groups is 1. The Bertz CT molecular complexity index is 1070. The Morgan fingerprint density at radius 1 is 1.06 bits per heavy atom. The molecule has 0 atom stereocenters. The molecule has 10 heteroatoms. The Hall–Kier alpha value is -3.84. The maximum atomic E-state index is 13.1. The van der Waals surface area contributed by atoms with Gasteiger partial charge in [0.1, 0.15) is 7.11 Å². The van der Waals surface area contributed by atoms with Crippen molar-refractivity contribution >= 4 is 22.9 Å². The van der Waals surface area contributed by atoms with Crippen molar-refractivity contribution in [3.8, 4) is 6.19 Å². The number of rotatable bonds is 6. The molecule has 31 heavy (non-hydrogen) atoms. The number of nitrogens with two attached hydrogens (primary N) is 1. The highest BCUT2D eigenvalue weighted by molar-refractivity contribution is 6.46. The lowest BCUT2D eigenvalue weighted by molar-refractivity contribution is -0.137. The van der Waals surface area contributed by atoms with Crippen LogP contribution in [0.4, 0.5) is 13.2 Å². The van der Waals surface area contributed by atoms with E-state index in [0.29, 0.717) is 16.7 Å². The summed E-state index contributed by atoms with van der Waals surface area (Å²) < 4.78 is 44.5. The first-order valence-electron chi connectivity index (χ1n) is 8.75. The summed E-state index contributed by atoms with van der Waals surface area (Å²) in [6.07, 6.45) is -2.89. The smallest absolute Gasteiger partial charge is 0.416 e. The lowest BCUT2D eigenvalue weighted by Gasteiger charge is -2.16. The van der Waals surface area contributed by atoms with Gasteiger partial charge in [0.25, 0.3) is 5.90 Å². The minimum Gasteiger partial charge on any atom is -0.479 e. The predicted octanol–water partition coefficient (Wildman–Crippen LogP) is 4.36. The van der Waals surface area contributed by atoms with Crippen LogP contribution in [0.2, 0.25) is 0 Å². The molecule has 7 nitrogen and oxygen atoms in total. The van der Waals surface area contributed by atoms with Crippen LogP contribution in [0.15, 0.2) is 58.7 Å². The molecule has 0 aliphatic rings. The maximum absolute atomic E-state index is 13.1. The molecule has 2 rings (SSSR count). The molecule has 0 unspecified atom stereocenters. The van der Waals surface area contributed by atoms with Crippen LogP contribution in [0.1, 0.15) is 29.2 Å². The Morgan fingerprint density at radius 3 is 2.29 bits per heavy atom. The van der Waals surface area contributed by atoms with Gasteiger partial charge in [0.2, 0.25) is 6.19 Å². The number of aliphatic imine (C=N–C) groups is 1. The summed E-state index contributed by atoms with van der Waals surface area (Å²) in [5, 5.41) is 12.8. The molecule has 0 aliphatic carbocycles. The highest BCUT2D eigenvalue weighted by Crippen LogP contribution is 2.34. The molecule has 0 spiro atoms. The van der Waals surface area contributed by atoms with Gasteiger partial charge in [-0.1, -0.05) is 41.6 Å². The molecule has 162 valence electrons. The summed E-state index contributed by atoms with van der Waals surface area (Å²) in [5.74, 6) is 5.47. The van der Waals surface area contributed by atoms with Crippen LogP contribution in [0.5, 0.6) is 0 Å². The maximum Gasteiger partial charge on any atom is 0.416 e. The Balaban J connectivity index is 2.74. The van der Waals surface area contributed by atoms with Gasteiger partial charge < -0.3 is 14.4 Å². The largest absolute Gasteiger partial charge is 0.479 e. The lowest BCUT2D eigenvalue weighted by Crippen LogP contribution is -2.20. The van der Waals surface area contributed by atoms with Crippen molar-refractivity contribution in [1.82, 2.24) is 0 Å². The number of halogens is 3. The average Bonchev–Trinajstić information content (AvgIpc) is 2.76. The zero-order valence-corrected chi connectivity index (χ0v) is 16.9. The van der Waals surface area contributed by atoms with E-state index in [1.54, 1.807) is 37.4 Å². The summed E-state index contributed by atoms with van der Waals surface area (Å²) in [7, 11) is 2.60. The first kappa shape index (κ1) is 23.4. The Labute approximate surface area is 176 Å². The number of hydrogen-bond acceptors (Lipinski definition) is 7.